The van der Waals surface area contributed by atoms with Crippen LogP contribution in [0.1, 0.15) is 102 Å². The van der Waals surface area contributed by atoms with Crippen LogP contribution >= 0.6 is 0 Å². The van der Waals surface area contributed by atoms with E-state index in [4.69, 9.17) is 96.0 Å². The van der Waals surface area contributed by atoms with Crippen molar-refractivity contribution in [3.05, 3.63) is 91.0 Å². The monoisotopic (exact) mass is 1700 g/mol. The Labute approximate surface area is 691 Å². The summed E-state index contributed by atoms with van der Waals surface area (Å²) in [5.41, 5.74) is 7.27. The summed E-state index contributed by atoms with van der Waals surface area (Å²) in [6.45, 7) is 12.2. The maximum Gasteiger partial charge on any atom is 0.407 e. The molecule has 12 atom stereocenters. The lowest BCUT2D eigenvalue weighted by atomic mass is 9.81. The van der Waals surface area contributed by atoms with Gasteiger partial charge in [-0.15, -0.1) is 0 Å². The van der Waals surface area contributed by atoms with Gasteiger partial charge in [-0.1, -0.05) is 13.0 Å². The van der Waals surface area contributed by atoms with Gasteiger partial charge in [0.1, 0.15) is 55.3 Å². The van der Waals surface area contributed by atoms with E-state index in [-0.39, 0.29) is 143 Å². The Morgan fingerprint density at radius 2 is 1.22 bits per heavy atom. The standard InChI is InChI=1S/C80H113FN8O31/c1-4-80(102)53-39-60-67-51(42-89(60)75(97)52(53)44-117-78(80)100)66-56(10-9-50-47(2)54(81)40-57(87-67)65(50)66)88-79(101)118-43-48-8-11-61(119-77-70(95)68(93)69(94)73(120-77)76(98)99)49(38-48)41-84-62(90)12-14-83-74(96)55(82)6-5-7-63(91)85-58-45-115-72-59(46-116-71(58)72)86-64(92)13-15-104-18-19-106-22-23-108-26-27-110-30-31-112-34-35-114-37-36-113-33-32-111-29-28-109-25-24-107-21-20-105-17-16-103-3/h8,11,38-40,55-56,58-59,68-73,77,93-95,102H,4-7,9-10,12-37,41-46,82H2,1-3H3,(H,83,96)(H,84,90)(H,85,91)(H,86,92)(H,88,101)(H,98,99)/t55-,56-,58-,59-,68-,69-,70+,71+,72+,73-,77+,80-/m0/s1. The molecule has 0 saturated carbocycles. The number of nitrogens with two attached hydrogens (primary N) is 1. The number of hydrogen-bond donors (Lipinski definition) is 11. The highest BCUT2D eigenvalue weighted by Crippen LogP contribution is 2.46. The van der Waals surface area contributed by atoms with Crippen LogP contribution in [0, 0.1) is 12.7 Å². The van der Waals surface area contributed by atoms with Gasteiger partial charge in [0.15, 0.2) is 11.7 Å². The van der Waals surface area contributed by atoms with E-state index in [0.29, 0.717) is 184 Å². The number of cyclic esters (lactones) is 1. The number of aliphatic carboxylic acids is 1. The molecule has 10 rings (SSSR count). The number of carboxylic acid groups (broad SMARTS) is 1. The number of carbonyl (C=O) groups is 7. The number of aliphatic hydroxyl groups is 4. The van der Waals surface area contributed by atoms with Crippen LogP contribution in [0.2, 0.25) is 0 Å². The summed E-state index contributed by atoms with van der Waals surface area (Å²) in [6.07, 6.45) is -11.1. The van der Waals surface area contributed by atoms with Gasteiger partial charge in [-0.2, -0.15) is 0 Å². The molecule has 0 unspecified atom stereocenters. The SMILES string of the molecule is CC[C@@]1(O)C(=O)OCc2c1cc1n(c2=O)Cc2c-1nc1cc(F)c(C)c3c1c2[C@@H](NC(=O)OCc1ccc(O[C@@H]2O[C@H](C(=O)O)[C@@H](O)[C@H](O)[C@H]2O)c(CNC(=O)CCNC(=O)[C@@H](N)CCCC(=O)N[C@H]2CO[C@H]4[C@@H]2OC[C@@H]4NC(=O)CCOCCOCCOCCOCCOCCOCCOCCOCCOCCOCCOCCOC)c1)CC3. The minimum Gasteiger partial charge on any atom is -0.479 e. The number of hydrogen-bond acceptors (Lipinski definition) is 32. The minimum atomic E-state index is -2.11. The molecular formula is C80H113FN8O31. The summed E-state index contributed by atoms with van der Waals surface area (Å²) in [7, 11) is 1.63. The van der Waals surface area contributed by atoms with E-state index >= 15 is 4.39 Å². The predicted octanol–water partition coefficient (Wildman–Crippen LogP) is -0.682. The van der Waals surface area contributed by atoms with Crippen molar-refractivity contribution in [1.82, 2.24) is 36.1 Å². The Hall–Kier alpha value is -8.18. The summed E-state index contributed by atoms with van der Waals surface area (Å²) in [6, 6.07) is 4.35. The number of methoxy groups -OCH3 is 1. The number of carbonyl (C=O) groups excluding carboxylic acids is 6. The van der Waals surface area contributed by atoms with Crippen molar-refractivity contribution < 1.29 is 149 Å². The highest BCUT2D eigenvalue weighted by molar-refractivity contribution is 5.94. The molecule has 12 N–H and O–H groups in total. The summed E-state index contributed by atoms with van der Waals surface area (Å²) in [5.74, 6) is -4.93. The molecular weight excluding hydrogens is 1590 g/mol. The molecule has 39 nitrogen and oxygen atoms in total. The average molecular weight is 1700 g/mol. The topological polar surface area (TPSA) is 508 Å². The largest absolute Gasteiger partial charge is 0.479 e. The van der Waals surface area contributed by atoms with Crippen LogP contribution < -0.4 is 42.6 Å². The van der Waals surface area contributed by atoms with Crippen molar-refractivity contribution in [1.29, 1.82) is 0 Å². The van der Waals surface area contributed by atoms with Gasteiger partial charge in [0, 0.05) is 67.6 Å². The molecule has 2 aromatic heterocycles. The number of carboxylic acids is 1. The van der Waals surface area contributed by atoms with Crippen molar-refractivity contribution in [2.75, 3.05) is 179 Å². The molecule has 3 fully saturated rings. The van der Waals surface area contributed by atoms with Gasteiger partial charge in [0.25, 0.3) is 5.56 Å². The summed E-state index contributed by atoms with van der Waals surface area (Å²) in [5, 5.41) is 67.7. The molecule has 7 heterocycles. The van der Waals surface area contributed by atoms with E-state index in [1.165, 1.54) is 34.9 Å². The van der Waals surface area contributed by atoms with Gasteiger partial charge >= 0.3 is 18.0 Å². The maximum absolute atomic E-state index is 15.6. The zero-order valence-corrected chi connectivity index (χ0v) is 67.8. The van der Waals surface area contributed by atoms with Crippen molar-refractivity contribution >= 4 is 52.6 Å². The number of halogens is 1. The van der Waals surface area contributed by atoms with E-state index < -0.39 is 121 Å². The third-order valence-electron chi connectivity index (χ3n) is 21.0. The summed E-state index contributed by atoms with van der Waals surface area (Å²) >= 11 is 0. The number of aryl methyl sites for hydroxylation is 1. The zero-order valence-electron chi connectivity index (χ0n) is 67.8. The molecule has 666 valence electrons. The number of rotatable bonds is 55. The van der Waals surface area contributed by atoms with Crippen molar-refractivity contribution in [3.63, 3.8) is 0 Å². The molecule has 40 heteroatoms. The lowest BCUT2D eigenvalue weighted by Gasteiger charge is -2.38. The van der Waals surface area contributed by atoms with Gasteiger partial charge in [-0.25, -0.2) is 23.8 Å². The van der Waals surface area contributed by atoms with Crippen LogP contribution in [0.5, 0.6) is 5.75 Å². The molecule has 0 radical (unpaired) electrons. The van der Waals surface area contributed by atoms with E-state index in [1.807, 2.05) is 0 Å². The number of ether oxygens (including phenoxy) is 18. The van der Waals surface area contributed by atoms with Gasteiger partial charge in [0.05, 0.1) is 218 Å². The van der Waals surface area contributed by atoms with Gasteiger partial charge in [0.2, 0.25) is 29.9 Å². The number of pyridine rings is 2. The molecule has 1 aliphatic carbocycles. The van der Waals surface area contributed by atoms with Crippen molar-refractivity contribution in [2.24, 2.45) is 5.73 Å². The quantitative estimate of drug-likeness (QED) is 0.0170. The Morgan fingerprint density at radius 1 is 0.667 bits per heavy atom. The number of esters is 1. The molecule has 120 heavy (non-hydrogen) atoms. The molecule has 0 spiro atoms. The van der Waals surface area contributed by atoms with Gasteiger partial charge < -0.3 is 148 Å². The van der Waals surface area contributed by atoms with Crippen LogP contribution in [0.4, 0.5) is 9.18 Å². The van der Waals surface area contributed by atoms with Crippen LogP contribution in [0.15, 0.2) is 35.1 Å². The van der Waals surface area contributed by atoms with Crippen molar-refractivity contribution in [2.45, 2.75) is 164 Å². The van der Waals surface area contributed by atoms with E-state index in [1.54, 1.807) is 21.0 Å². The zero-order chi connectivity index (χ0) is 85.5. The van der Waals surface area contributed by atoms with E-state index in [9.17, 15) is 63.9 Å². The first-order chi connectivity index (χ1) is 58.1. The Kier molecular flexibility index (Phi) is 37.7. The number of aromatic nitrogens is 2. The lowest BCUT2D eigenvalue weighted by Crippen LogP contribution is -2.61. The minimum absolute atomic E-state index is 0.0142. The second kappa shape index (κ2) is 48.0. The number of aliphatic hydroxyl groups excluding tert-OH is 3. The highest BCUT2D eigenvalue weighted by Gasteiger charge is 2.51. The van der Waals surface area contributed by atoms with Gasteiger partial charge in [-0.05, 0) is 79.5 Å². The number of nitrogens with zero attached hydrogens (tertiary/aromatic N) is 2. The molecule has 0 bridgehead atoms. The fraction of sp³-hybridized carbons (Fsp3) is 0.662. The van der Waals surface area contributed by atoms with E-state index in [0.717, 1.165) is 0 Å². The molecule has 2 aromatic carbocycles. The summed E-state index contributed by atoms with van der Waals surface area (Å²) in [4.78, 5) is 110. The molecule has 3 saturated heterocycles. The second-order valence-electron chi connectivity index (χ2n) is 29.2. The first-order valence-corrected chi connectivity index (χ1v) is 40.5. The third-order valence-corrected chi connectivity index (χ3v) is 21.0. The number of benzene rings is 2. The van der Waals surface area contributed by atoms with Crippen LogP contribution in [0.3, 0.4) is 0 Å². The molecule has 5 amide bonds. The number of nitrogens with one attached hydrogen (secondary N) is 5. The summed E-state index contributed by atoms with van der Waals surface area (Å²) < 4.78 is 117. The fourth-order valence-corrected chi connectivity index (χ4v) is 14.5. The van der Waals surface area contributed by atoms with Crippen LogP contribution in [-0.4, -0.2) is 317 Å². The smallest absolute Gasteiger partial charge is 0.407 e. The third kappa shape index (κ3) is 26.2. The normalized spacial score (nSPS) is 22.2. The van der Waals surface area contributed by atoms with Crippen LogP contribution in [0.25, 0.3) is 22.3 Å². The second-order valence-corrected chi connectivity index (χ2v) is 29.2. The molecule has 4 aromatic rings. The van der Waals surface area contributed by atoms with Crippen molar-refractivity contribution in [3.8, 4) is 17.1 Å². The fourth-order valence-electron chi connectivity index (χ4n) is 14.5. The average Bonchev–Trinajstić information content (AvgIpc) is 1.53. The Bertz CT molecular complexity index is 4110. The number of alkyl carbamates (subject to hydrolysis) is 1. The number of amides is 5. The van der Waals surface area contributed by atoms with Crippen LogP contribution in [-0.2, 0) is 148 Å². The van der Waals surface area contributed by atoms with E-state index in [2.05, 4.69) is 26.6 Å². The Balaban J connectivity index is 0.566. The maximum atomic E-state index is 15.6. The highest BCUT2D eigenvalue weighted by atomic mass is 19.1. The van der Waals surface area contributed by atoms with Gasteiger partial charge in [-0.3, -0.25) is 24.0 Å². The predicted molar refractivity (Wildman–Crippen MR) is 415 cm³/mol. The number of fused-ring (bicyclic) bond motifs is 6. The molecule has 6 aliphatic rings. The first kappa shape index (κ1) is 94.1. The Morgan fingerprint density at radius 3 is 1.77 bits per heavy atom. The lowest BCUT2D eigenvalue weighted by molar-refractivity contribution is -0.271. The first-order valence-electron chi connectivity index (χ1n) is 40.5. The molecule has 5 aliphatic heterocycles.